The molecule has 1 aromatic carbocycles. The summed E-state index contributed by atoms with van der Waals surface area (Å²) >= 11 is 0. The summed E-state index contributed by atoms with van der Waals surface area (Å²) in [4.78, 5) is 18.4. The first-order valence-corrected chi connectivity index (χ1v) is 7.92. The van der Waals surface area contributed by atoms with E-state index in [1.165, 1.54) is 6.20 Å². The number of aryl methyl sites for hydroxylation is 1. The van der Waals surface area contributed by atoms with Gasteiger partial charge in [-0.1, -0.05) is 6.92 Å². The van der Waals surface area contributed by atoms with Crippen LogP contribution in [0.2, 0.25) is 0 Å². The van der Waals surface area contributed by atoms with E-state index >= 15 is 0 Å². The molecule has 0 spiro atoms. The summed E-state index contributed by atoms with van der Waals surface area (Å²) in [6.07, 6.45) is 3.13. The molecule has 0 atom stereocenters. The molecule has 1 aliphatic heterocycles. The third-order valence-corrected chi connectivity index (χ3v) is 4.43. The lowest BCUT2D eigenvalue weighted by atomic mass is 9.97. The number of H-pyrrole nitrogens is 1. The number of hydrogen-bond donors (Lipinski definition) is 1. The highest BCUT2D eigenvalue weighted by atomic mass is 19.1. The van der Waals surface area contributed by atoms with E-state index < -0.39 is 5.95 Å². The molecule has 1 aliphatic rings. The average molecular weight is 324 g/mol. The molecular weight excluding hydrogens is 307 g/mol. The molecule has 3 heterocycles. The number of rotatable bonds is 2. The van der Waals surface area contributed by atoms with Gasteiger partial charge in [-0.3, -0.25) is 9.89 Å². The van der Waals surface area contributed by atoms with Crippen LogP contribution in [0, 0.1) is 18.8 Å². The number of fused-ring (bicyclic) bond motifs is 1. The molecule has 1 amide bonds. The van der Waals surface area contributed by atoms with Crippen molar-refractivity contribution in [3.8, 4) is 11.1 Å². The van der Waals surface area contributed by atoms with E-state index in [1.54, 1.807) is 29.3 Å². The molecule has 0 aliphatic carbocycles. The number of carbonyl (C=O) groups is 1. The van der Waals surface area contributed by atoms with Gasteiger partial charge in [0.1, 0.15) is 0 Å². The first-order chi connectivity index (χ1) is 11.5. The highest BCUT2D eigenvalue weighted by molar-refractivity contribution is 6.08. The zero-order valence-corrected chi connectivity index (χ0v) is 13.5. The molecule has 4 rings (SSSR count). The van der Waals surface area contributed by atoms with E-state index in [4.69, 9.17) is 0 Å². The number of nitrogens with one attached hydrogen (secondary N) is 1. The summed E-state index contributed by atoms with van der Waals surface area (Å²) in [5.74, 6) is -0.0619. The average Bonchev–Trinajstić information content (AvgIpc) is 3.01. The lowest BCUT2D eigenvalue weighted by Gasteiger charge is -2.37. The van der Waals surface area contributed by atoms with Crippen LogP contribution in [0.15, 0.2) is 30.6 Å². The Morgan fingerprint density at radius 2 is 2.08 bits per heavy atom. The number of hydrogen-bond acceptors (Lipinski definition) is 3. The minimum atomic E-state index is -0.546. The van der Waals surface area contributed by atoms with Gasteiger partial charge in [-0.15, -0.1) is 0 Å². The number of nitrogens with zero attached hydrogens (tertiary/aromatic N) is 3. The highest BCUT2D eigenvalue weighted by Gasteiger charge is 2.29. The number of benzene rings is 1. The van der Waals surface area contributed by atoms with Crippen molar-refractivity contribution in [2.45, 2.75) is 13.8 Å². The summed E-state index contributed by atoms with van der Waals surface area (Å²) in [5.41, 5.74) is 3.13. The van der Waals surface area contributed by atoms with Gasteiger partial charge in [-0.05, 0) is 42.2 Å². The van der Waals surface area contributed by atoms with Crippen molar-refractivity contribution in [1.29, 1.82) is 0 Å². The largest absolute Gasteiger partial charge is 0.338 e. The SMILES string of the molecule is Cc1cnc(F)c(-c2cc(C(=O)N3CC(C)C3)c3cn[nH]c3c2)c1. The first kappa shape index (κ1) is 14.8. The van der Waals surface area contributed by atoms with Crippen LogP contribution in [-0.2, 0) is 0 Å². The zero-order valence-electron chi connectivity index (χ0n) is 13.5. The summed E-state index contributed by atoms with van der Waals surface area (Å²) in [7, 11) is 0. The summed E-state index contributed by atoms with van der Waals surface area (Å²) < 4.78 is 14.2. The van der Waals surface area contributed by atoms with Crippen LogP contribution in [0.5, 0.6) is 0 Å². The first-order valence-electron chi connectivity index (χ1n) is 7.92. The highest BCUT2D eigenvalue weighted by Crippen LogP contribution is 2.30. The van der Waals surface area contributed by atoms with E-state index in [0.29, 0.717) is 28.1 Å². The maximum absolute atomic E-state index is 14.2. The molecule has 0 saturated carbocycles. The van der Waals surface area contributed by atoms with Crippen molar-refractivity contribution in [3.63, 3.8) is 0 Å². The Kier molecular flexibility index (Phi) is 3.33. The predicted molar refractivity (Wildman–Crippen MR) is 89.1 cm³/mol. The number of aromatic amines is 1. The second-order valence-electron chi connectivity index (χ2n) is 6.52. The van der Waals surface area contributed by atoms with Gasteiger partial charge in [0.2, 0.25) is 5.95 Å². The van der Waals surface area contributed by atoms with Crippen LogP contribution in [0.1, 0.15) is 22.8 Å². The number of aromatic nitrogens is 3. The molecule has 6 heteroatoms. The van der Waals surface area contributed by atoms with Crippen LogP contribution >= 0.6 is 0 Å². The lowest BCUT2D eigenvalue weighted by molar-refractivity contribution is 0.0532. The fourth-order valence-corrected chi connectivity index (χ4v) is 3.17. The summed E-state index contributed by atoms with van der Waals surface area (Å²) in [6, 6.07) is 5.28. The molecule has 0 unspecified atom stereocenters. The van der Waals surface area contributed by atoms with Crippen LogP contribution in [-0.4, -0.2) is 39.1 Å². The third-order valence-electron chi connectivity index (χ3n) is 4.43. The molecular formula is C18H17FN4O. The third kappa shape index (κ3) is 2.35. The van der Waals surface area contributed by atoms with Gasteiger partial charge in [0, 0.05) is 30.2 Å². The minimum Gasteiger partial charge on any atom is -0.338 e. The molecule has 5 nitrogen and oxygen atoms in total. The monoisotopic (exact) mass is 324 g/mol. The number of amides is 1. The number of halogens is 1. The smallest absolute Gasteiger partial charge is 0.254 e. The zero-order chi connectivity index (χ0) is 16.8. The Morgan fingerprint density at radius 3 is 2.83 bits per heavy atom. The fourth-order valence-electron chi connectivity index (χ4n) is 3.17. The molecule has 3 aromatic rings. The van der Waals surface area contributed by atoms with Gasteiger partial charge in [0.15, 0.2) is 0 Å². The summed E-state index contributed by atoms with van der Waals surface area (Å²) in [6.45, 7) is 5.48. The maximum Gasteiger partial charge on any atom is 0.254 e. The molecule has 0 radical (unpaired) electrons. The number of pyridine rings is 1. The van der Waals surface area contributed by atoms with Crippen molar-refractivity contribution < 1.29 is 9.18 Å². The van der Waals surface area contributed by atoms with Crippen molar-refractivity contribution in [2.75, 3.05) is 13.1 Å². The van der Waals surface area contributed by atoms with Gasteiger partial charge < -0.3 is 4.90 Å². The van der Waals surface area contributed by atoms with Gasteiger partial charge in [0.25, 0.3) is 5.91 Å². The standard InChI is InChI=1S/C18H17FN4O/c1-10-3-13(17(19)20-6-10)12-4-14(15-7-21-22-16(15)5-12)18(24)23-8-11(2)9-23/h3-7,11H,8-9H2,1-2H3,(H,21,22). The Bertz CT molecular complexity index is 943. The Morgan fingerprint density at radius 1 is 1.29 bits per heavy atom. The number of likely N-dealkylation sites (tertiary alicyclic amines) is 1. The Balaban J connectivity index is 1.86. The number of carbonyl (C=O) groups excluding carboxylic acids is 1. The van der Waals surface area contributed by atoms with Crippen LogP contribution in [0.4, 0.5) is 4.39 Å². The quantitative estimate of drug-likeness (QED) is 0.737. The molecule has 0 bridgehead atoms. The van der Waals surface area contributed by atoms with Gasteiger partial charge in [-0.25, -0.2) is 4.98 Å². The molecule has 1 fully saturated rings. The van der Waals surface area contributed by atoms with E-state index in [0.717, 1.165) is 24.0 Å². The lowest BCUT2D eigenvalue weighted by Crippen LogP contribution is -2.48. The van der Waals surface area contributed by atoms with Crippen molar-refractivity contribution in [2.24, 2.45) is 5.92 Å². The second kappa shape index (κ2) is 5.40. The fraction of sp³-hybridized carbons (Fsp3) is 0.278. The molecule has 2 aromatic heterocycles. The van der Waals surface area contributed by atoms with Crippen LogP contribution < -0.4 is 0 Å². The van der Waals surface area contributed by atoms with Crippen molar-refractivity contribution in [3.05, 3.63) is 47.7 Å². The normalized spacial score (nSPS) is 14.9. The van der Waals surface area contributed by atoms with E-state index in [1.807, 2.05) is 6.92 Å². The van der Waals surface area contributed by atoms with Gasteiger partial charge in [0.05, 0.1) is 17.3 Å². The Hall–Kier alpha value is -2.76. The van der Waals surface area contributed by atoms with Gasteiger partial charge in [-0.2, -0.15) is 9.49 Å². The van der Waals surface area contributed by atoms with Crippen LogP contribution in [0.3, 0.4) is 0 Å². The van der Waals surface area contributed by atoms with Gasteiger partial charge >= 0.3 is 0 Å². The minimum absolute atomic E-state index is 0.0395. The molecule has 1 N–H and O–H groups in total. The van der Waals surface area contributed by atoms with E-state index in [2.05, 4.69) is 22.1 Å². The summed E-state index contributed by atoms with van der Waals surface area (Å²) in [5, 5.41) is 7.67. The predicted octanol–water partition coefficient (Wildman–Crippen LogP) is 3.16. The molecule has 24 heavy (non-hydrogen) atoms. The molecule has 1 saturated heterocycles. The Labute approximate surface area is 138 Å². The molecule has 122 valence electrons. The van der Waals surface area contributed by atoms with E-state index in [9.17, 15) is 9.18 Å². The van der Waals surface area contributed by atoms with Crippen molar-refractivity contribution >= 4 is 16.8 Å². The second-order valence-corrected chi connectivity index (χ2v) is 6.52. The maximum atomic E-state index is 14.2. The van der Waals surface area contributed by atoms with E-state index in [-0.39, 0.29) is 5.91 Å². The van der Waals surface area contributed by atoms with Crippen LogP contribution in [0.25, 0.3) is 22.0 Å². The topological polar surface area (TPSA) is 61.9 Å². The van der Waals surface area contributed by atoms with Crippen molar-refractivity contribution in [1.82, 2.24) is 20.1 Å².